The minimum Gasteiger partial charge on any atom is -0.437 e. The highest BCUT2D eigenvalue weighted by Crippen LogP contribution is 2.31. The third-order valence-corrected chi connectivity index (χ3v) is 2.68. The Morgan fingerprint density at radius 1 is 1.24 bits per heavy atom. The van der Waals surface area contributed by atoms with Crippen LogP contribution in [0.25, 0.3) is 0 Å². The van der Waals surface area contributed by atoms with Gasteiger partial charge in [0.2, 0.25) is 5.88 Å². The molecule has 0 aliphatic carbocycles. The summed E-state index contributed by atoms with van der Waals surface area (Å²) in [4.78, 5) is 4.02. The lowest BCUT2D eigenvalue weighted by molar-refractivity contribution is 0.460. The van der Waals surface area contributed by atoms with E-state index >= 15 is 0 Å². The average molecular weight is 269 g/mol. The highest BCUT2D eigenvalue weighted by atomic mass is 35.5. The van der Waals surface area contributed by atoms with E-state index < -0.39 is 0 Å². The topological polar surface area (TPSA) is 48.1 Å². The van der Waals surface area contributed by atoms with Crippen molar-refractivity contribution in [3.63, 3.8) is 0 Å². The number of ether oxygens (including phenoxy) is 1. The number of aromatic nitrogens is 1. The zero-order chi connectivity index (χ0) is 12.4. The molecule has 0 saturated carbocycles. The Morgan fingerprint density at radius 3 is 2.65 bits per heavy atom. The maximum Gasteiger partial charge on any atom is 0.238 e. The molecule has 0 aliphatic heterocycles. The van der Waals surface area contributed by atoms with Crippen molar-refractivity contribution in [3.05, 3.63) is 46.1 Å². The molecule has 2 aromatic rings. The largest absolute Gasteiger partial charge is 0.437 e. The molecule has 0 fully saturated rings. The van der Waals surface area contributed by atoms with Gasteiger partial charge in [-0.1, -0.05) is 23.2 Å². The van der Waals surface area contributed by atoms with Crippen LogP contribution in [0.3, 0.4) is 0 Å². The van der Waals surface area contributed by atoms with Crippen LogP contribution in [0, 0.1) is 6.92 Å². The van der Waals surface area contributed by atoms with E-state index in [0.717, 1.165) is 5.56 Å². The maximum absolute atomic E-state index is 5.97. The van der Waals surface area contributed by atoms with Crippen LogP contribution >= 0.6 is 23.2 Å². The van der Waals surface area contributed by atoms with Gasteiger partial charge in [0.1, 0.15) is 10.8 Å². The Morgan fingerprint density at radius 2 is 2.00 bits per heavy atom. The quantitative estimate of drug-likeness (QED) is 0.893. The van der Waals surface area contributed by atoms with E-state index in [1.165, 1.54) is 6.20 Å². The number of pyridine rings is 1. The molecule has 0 spiro atoms. The number of anilines is 1. The van der Waals surface area contributed by atoms with Gasteiger partial charge in [0, 0.05) is 5.02 Å². The lowest BCUT2D eigenvalue weighted by Crippen LogP contribution is -1.93. The van der Waals surface area contributed by atoms with E-state index in [1.807, 2.05) is 13.0 Å². The van der Waals surface area contributed by atoms with Crippen molar-refractivity contribution in [2.24, 2.45) is 0 Å². The number of rotatable bonds is 2. The predicted octanol–water partition coefficient (Wildman–Crippen LogP) is 4.07. The first kappa shape index (κ1) is 12.0. The van der Waals surface area contributed by atoms with E-state index in [0.29, 0.717) is 27.4 Å². The molecule has 0 atom stereocenters. The van der Waals surface area contributed by atoms with Crippen LogP contribution in [0.15, 0.2) is 30.5 Å². The second kappa shape index (κ2) is 4.82. The summed E-state index contributed by atoms with van der Waals surface area (Å²) in [5, 5.41) is 1.03. The number of nitrogen functional groups attached to an aromatic ring is 1. The minimum absolute atomic E-state index is 0.325. The third kappa shape index (κ3) is 2.81. The van der Waals surface area contributed by atoms with Crippen LogP contribution < -0.4 is 10.5 Å². The number of halogens is 2. The minimum atomic E-state index is 0.325. The molecule has 2 N–H and O–H groups in total. The fourth-order valence-corrected chi connectivity index (χ4v) is 1.79. The van der Waals surface area contributed by atoms with Gasteiger partial charge in [0.05, 0.1) is 11.9 Å². The van der Waals surface area contributed by atoms with Crippen molar-refractivity contribution in [2.75, 3.05) is 5.73 Å². The van der Waals surface area contributed by atoms with Gasteiger partial charge in [-0.2, -0.15) is 0 Å². The summed E-state index contributed by atoms with van der Waals surface area (Å²) < 4.78 is 5.59. The average Bonchev–Trinajstić information content (AvgIpc) is 2.25. The molecule has 1 aromatic carbocycles. The Labute approximate surface area is 109 Å². The van der Waals surface area contributed by atoms with E-state index in [2.05, 4.69) is 4.98 Å². The molecule has 0 bridgehead atoms. The molecule has 0 amide bonds. The molecule has 1 aromatic heterocycles. The summed E-state index contributed by atoms with van der Waals surface area (Å²) >= 11 is 11.8. The zero-order valence-corrected chi connectivity index (χ0v) is 10.6. The summed E-state index contributed by atoms with van der Waals surface area (Å²) in [7, 11) is 0. The third-order valence-electron chi connectivity index (χ3n) is 2.17. The predicted molar refractivity (Wildman–Crippen MR) is 69.9 cm³/mol. The van der Waals surface area contributed by atoms with Crippen molar-refractivity contribution in [3.8, 4) is 11.6 Å². The van der Waals surface area contributed by atoms with Gasteiger partial charge in [-0.15, -0.1) is 0 Å². The summed E-state index contributed by atoms with van der Waals surface area (Å²) in [6.45, 7) is 1.90. The molecule has 2 rings (SSSR count). The van der Waals surface area contributed by atoms with E-state index in [1.54, 1.807) is 18.2 Å². The number of nitrogens with zero attached hydrogens (tertiary/aromatic N) is 1. The van der Waals surface area contributed by atoms with Crippen LogP contribution in [0.1, 0.15) is 5.56 Å². The van der Waals surface area contributed by atoms with Gasteiger partial charge in [-0.25, -0.2) is 4.98 Å². The molecule has 17 heavy (non-hydrogen) atoms. The number of nitrogens with two attached hydrogens (primary N) is 1. The Bertz CT molecular complexity index is 509. The zero-order valence-electron chi connectivity index (χ0n) is 9.08. The van der Waals surface area contributed by atoms with Crippen LogP contribution in [-0.4, -0.2) is 4.98 Å². The molecule has 3 nitrogen and oxygen atoms in total. The molecular weight excluding hydrogens is 259 g/mol. The summed E-state index contributed by atoms with van der Waals surface area (Å²) in [6.07, 6.45) is 1.49. The van der Waals surface area contributed by atoms with Crippen LogP contribution in [0.2, 0.25) is 10.0 Å². The van der Waals surface area contributed by atoms with Gasteiger partial charge in [-0.05, 0) is 36.8 Å². The fraction of sp³-hybridized carbons (Fsp3) is 0.0833. The van der Waals surface area contributed by atoms with E-state index in [-0.39, 0.29) is 0 Å². The van der Waals surface area contributed by atoms with Gasteiger partial charge in [0.15, 0.2) is 0 Å². The second-order valence-electron chi connectivity index (χ2n) is 3.57. The Kier molecular flexibility index (Phi) is 3.41. The number of benzene rings is 1. The van der Waals surface area contributed by atoms with Crippen LogP contribution in [-0.2, 0) is 0 Å². The van der Waals surface area contributed by atoms with Gasteiger partial charge < -0.3 is 10.5 Å². The molecule has 0 unspecified atom stereocenters. The normalized spacial score (nSPS) is 10.3. The highest BCUT2D eigenvalue weighted by molar-refractivity contribution is 6.32. The second-order valence-corrected chi connectivity index (χ2v) is 4.41. The maximum atomic E-state index is 5.97. The molecule has 88 valence electrons. The Balaban J connectivity index is 2.31. The first-order valence-electron chi connectivity index (χ1n) is 4.91. The molecular formula is C12H10Cl2N2O. The van der Waals surface area contributed by atoms with Crippen molar-refractivity contribution in [1.82, 2.24) is 4.98 Å². The number of aryl methyl sites for hydroxylation is 1. The fourth-order valence-electron chi connectivity index (χ4n) is 1.35. The van der Waals surface area contributed by atoms with Crippen molar-refractivity contribution < 1.29 is 4.74 Å². The van der Waals surface area contributed by atoms with Crippen LogP contribution in [0.4, 0.5) is 5.69 Å². The lowest BCUT2D eigenvalue weighted by atomic mass is 10.2. The molecule has 0 radical (unpaired) electrons. The van der Waals surface area contributed by atoms with Crippen molar-refractivity contribution in [1.29, 1.82) is 0 Å². The van der Waals surface area contributed by atoms with E-state index in [4.69, 9.17) is 33.7 Å². The monoisotopic (exact) mass is 268 g/mol. The van der Waals surface area contributed by atoms with Gasteiger partial charge in [-0.3, -0.25) is 0 Å². The smallest absolute Gasteiger partial charge is 0.238 e. The summed E-state index contributed by atoms with van der Waals surface area (Å²) in [6, 6.07) is 6.92. The summed E-state index contributed by atoms with van der Waals surface area (Å²) in [5.41, 5.74) is 6.96. The lowest BCUT2D eigenvalue weighted by Gasteiger charge is -2.09. The molecule has 5 heteroatoms. The van der Waals surface area contributed by atoms with Crippen LogP contribution in [0.5, 0.6) is 11.6 Å². The Hall–Kier alpha value is -1.45. The van der Waals surface area contributed by atoms with Crippen molar-refractivity contribution >= 4 is 28.9 Å². The molecule has 0 saturated heterocycles. The standard InChI is InChI=1S/C12H10Cl2N2O/c1-7-4-8(13)2-3-11(7)17-12-10(14)5-9(15)6-16-12/h2-6H,15H2,1H3. The van der Waals surface area contributed by atoms with Gasteiger partial charge >= 0.3 is 0 Å². The number of hydrogen-bond acceptors (Lipinski definition) is 3. The summed E-state index contributed by atoms with van der Waals surface area (Å²) in [5.74, 6) is 0.986. The first-order chi connectivity index (χ1) is 8.06. The van der Waals surface area contributed by atoms with Gasteiger partial charge in [0.25, 0.3) is 0 Å². The first-order valence-corrected chi connectivity index (χ1v) is 5.67. The SMILES string of the molecule is Cc1cc(Cl)ccc1Oc1ncc(N)cc1Cl. The molecule has 0 aliphatic rings. The number of hydrogen-bond donors (Lipinski definition) is 1. The molecule has 1 heterocycles. The highest BCUT2D eigenvalue weighted by Gasteiger charge is 2.07. The van der Waals surface area contributed by atoms with E-state index in [9.17, 15) is 0 Å². The van der Waals surface area contributed by atoms with Crippen molar-refractivity contribution in [2.45, 2.75) is 6.92 Å².